The van der Waals surface area contributed by atoms with E-state index < -0.39 is 0 Å². The summed E-state index contributed by atoms with van der Waals surface area (Å²) in [7, 11) is 0. The Balaban J connectivity index is 0.000000694. The van der Waals surface area contributed by atoms with Crippen LogP contribution >= 0.6 is 0 Å². The summed E-state index contributed by atoms with van der Waals surface area (Å²) in [5.41, 5.74) is 0. The fraction of sp³-hybridized carbons (Fsp3) is 0.381. The molecule has 0 heterocycles. The maximum atomic E-state index is 2.67. The molecular weight excluding hydrogens is 414 g/mol. The molecule has 24 heavy (non-hydrogen) atoms. The normalized spacial score (nSPS) is 45.0. The summed E-state index contributed by atoms with van der Waals surface area (Å²) in [5, 5.41) is 0. The van der Waals surface area contributed by atoms with Gasteiger partial charge in [-0.3, -0.25) is 0 Å². The minimum Gasteiger partial charge on any atom is -1.00 e. The quantitative estimate of drug-likeness (QED) is 0.408. The van der Waals surface area contributed by atoms with Crippen molar-refractivity contribution in [3.63, 3.8) is 0 Å². The number of halogens is 2. The smallest absolute Gasteiger partial charge is 1.00 e. The molecular formula is C21H21Cl2Zr. The van der Waals surface area contributed by atoms with E-state index in [4.69, 9.17) is 0 Å². The van der Waals surface area contributed by atoms with E-state index in [-0.39, 0.29) is 51.0 Å². The van der Waals surface area contributed by atoms with Gasteiger partial charge in [-0.25, -0.2) is 0 Å². The first-order valence-corrected chi connectivity index (χ1v) is 8.33. The van der Waals surface area contributed by atoms with Crippen LogP contribution in [0.4, 0.5) is 0 Å². The van der Waals surface area contributed by atoms with Gasteiger partial charge in [0.2, 0.25) is 0 Å². The topological polar surface area (TPSA) is 0 Å². The zero-order valence-corrected chi connectivity index (χ0v) is 17.4. The Morgan fingerprint density at radius 3 is 1.62 bits per heavy atom. The van der Waals surface area contributed by atoms with Crippen molar-refractivity contribution < 1.29 is 51.0 Å². The summed E-state index contributed by atoms with van der Waals surface area (Å²) in [6, 6.07) is 0. The average molecular weight is 436 g/mol. The van der Waals surface area contributed by atoms with Crippen molar-refractivity contribution in [2.75, 3.05) is 0 Å². The first-order chi connectivity index (χ1) is 10.4. The Hall–Kier alpha value is -0.0969. The first kappa shape index (κ1) is 20.2. The molecule has 0 aromatic rings. The van der Waals surface area contributed by atoms with Crippen LogP contribution < -0.4 is 24.8 Å². The summed E-state index contributed by atoms with van der Waals surface area (Å²) in [6.07, 6.45) is 31.0. The minimum absolute atomic E-state index is 0. The van der Waals surface area contributed by atoms with Crippen LogP contribution in [0.2, 0.25) is 0 Å². The minimum atomic E-state index is 0. The van der Waals surface area contributed by atoms with E-state index in [2.05, 4.69) is 79.3 Å². The molecule has 8 unspecified atom stereocenters. The summed E-state index contributed by atoms with van der Waals surface area (Å²) >= 11 is 0. The van der Waals surface area contributed by atoms with Gasteiger partial charge in [0.1, 0.15) is 0 Å². The van der Waals surface area contributed by atoms with Gasteiger partial charge in [-0.1, -0.05) is 72.8 Å². The van der Waals surface area contributed by atoms with E-state index in [1.807, 2.05) is 0 Å². The van der Waals surface area contributed by atoms with Gasteiger partial charge in [0.15, 0.2) is 0 Å². The molecule has 3 heteroatoms. The van der Waals surface area contributed by atoms with Gasteiger partial charge in [0, 0.05) is 0 Å². The Morgan fingerprint density at radius 2 is 0.958 bits per heavy atom. The van der Waals surface area contributed by atoms with E-state index in [9.17, 15) is 0 Å². The standard InChI is InChI=1S/C21H21.2ClH.Zr/c1-2-8-15-14(7-1)13-20-18-11-4-3-9-16(18)17-10-5-6-12-19(17)21(15)20;;;/h1-21H;2*1H;/q-1;;;+3/p-2. The fourth-order valence-corrected chi connectivity index (χ4v) is 5.58. The van der Waals surface area contributed by atoms with Gasteiger partial charge in [0.05, 0.1) is 0 Å². The molecule has 5 aliphatic rings. The molecule has 0 nitrogen and oxygen atoms in total. The molecule has 123 valence electrons. The van der Waals surface area contributed by atoms with E-state index >= 15 is 0 Å². The molecule has 0 aromatic heterocycles. The molecule has 0 spiro atoms. The van der Waals surface area contributed by atoms with Gasteiger partial charge in [-0.05, 0) is 29.6 Å². The van der Waals surface area contributed by atoms with E-state index in [0.717, 1.165) is 11.8 Å². The molecule has 2 saturated carbocycles. The molecule has 0 aliphatic heterocycles. The molecule has 1 radical (unpaired) electrons. The molecule has 0 N–H and O–H groups in total. The van der Waals surface area contributed by atoms with Crippen LogP contribution in [0.5, 0.6) is 0 Å². The average Bonchev–Trinajstić information content (AvgIpc) is 2.95. The monoisotopic (exact) mass is 433 g/mol. The fourth-order valence-electron chi connectivity index (χ4n) is 5.58. The van der Waals surface area contributed by atoms with Crippen LogP contribution in [0.25, 0.3) is 0 Å². The summed E-state index contributed by atoms with van der Waals surface area (Å²) in [6.45, 7) is 0. The Bertz CT molecular complexity index is 628. The van der Waals surface area contributed by atoms with Crippen molar-refractivity contribution >= 4 is 0 Å². The van der Waals surface area contributed by atoms with Crippen molar-refractivity contribution in [2.45, 2.75) is 0 Å². The second kappa shape index (κ2) is 8.07. The Morgan fingerprint density at radius 1 is 0.500 bits per heavy atom. The number of allylic oxidation sites excluding steroid dienone is 12. The molecule has 5 aliphatic carbocycles. The molecule has 8 atom stereocenters. The molecule has 0 amide bonds. The Kier molecular flexibility index (Phi) is 6.80. The third-order valence-electron chi connectivity index (χ3n) is 6.33. The van der Waals surface area contributed by atoms with Crippen LogP contribution in [-0.2, 0) is 26.2 Å². The zero-order chi connectivity index (χ0) is 13.8. The third-order valence-corrected chi connectivity index (χ3v) is 6.33. The summed E-state index contributed by atoms with van der Waals surface area (Å²) in [4.78, 5) is 0. The molecule has 2 fully saturated rings. The zero-order valence-electron chi connectivity index (χ0n) is 13.4. The molecule has 0 bridgehead atoms. The maximum absolute atomic E-state index is 2.67. The number of rotatable bonds is 0. The van der Waals surface area contributed by atoms with Crippen LogP contribution in [-0.4, -0.2) is 0 Å². The summed E-state index contributed by atoms with van der Waals surface area (Å²) in [5.74, 6) is 5.66. The molecule has 5 rings (SSSR count). The maximum Gasteiger partial charge on any atom is 3.00 e. The van der Waals surface area contributed by atoms with Gasteiger partial charge in [-0.2, -0.15) is 5.92 Å². The molecule has 0 saturated heterocycles. The third kappa shape index (κ3) is 2.96. The largest absolute Gasteiger partial charge is 3.00 e. The van der Waals surface area contributed by atoms with E-state index in [1.54, 1.807) is 0 Å². The predicted octanol–water partition coefficient (Wildman–Crippen LogP) is -1.47. The van der Waals surface area contributed by atoms with Crippen molar-refractivity contribution in [1.82, 2.24) is 0 Å². The van der Waals surface area contributed by atoms with Crippen molar-refractivity contribution in [3.8, 4) is 0 Å². The van der Waals surface area contributed by atoms with Crippen molar-refractivity contribution in [3.05, 3.63) is 79.3 Å². The first-order valence-electron chi connectivity index (χ1n) is 8.33. The van der Waals surface area contributed by atoms with Crippen LogP contribution in [0, 0.1) is 53.8 Å². The van der Waals surface area contributed by atoms with Crippen molar-refractivity contribution in [1.29, 1.82) is 0 Å². The predicted molar refractivity (Wildman–Crippen MR) is 87.1 cm³/mol. The van der Waals surface area contributed by atoms with Gasteiger partial charge < -0.3 is 31.2 Å². The van der Waals surface area contributed by atoms with Crippen LogP contribution in [0.1, 0.15) is 0 Å². The SMILES string of the molecule is C1=CC2[CH-]C3C4C=CC=CC4C4C=CC=CC4C3C2C=C1.[Cl-].[Cl-].[Zr+3]. The van der Waals surface area contributed by atoms with Gasteiger partial charge in [-0.15, -0.1) is 12.0 Å². The Labute approximate surface area is 176 Å². The van der Waals surface area contributed by atoms with Crippen molar-refractivity contribution in [2.24, 2.45) is 47.3 Å². The number of hydrogen-bond acceptors (Lipinski definition) is 0. The molecule has 0 aromatic carbocycles. The van der Waals surface area contributed by atoms with Gasteiger partial charge in [0.25, 0.3) is 0 Å². The van der Waals surface area contributed by atoms with Crippen LogP contribution in [0.15, 0.2) is 72.9 Å². The number of fused-ring (bicyclic) bond motifs is 8. The second-order valence-electron chi connectivity index (χ2n) is 7.12. The van der Waals surface area contributed by atoms with E-state index in [1.165, 1.54) is 0 Å². The van der Waals surface area contributed by atoms with E-state index in [0.29, 0.717) is 35.5 Å². The van der Waals surface area contributed by atoms with Gasteiger partial charge >= 0.3 is 26.2 Å². The number of hydrogen-bond donors (Lipinski definition) is 0. The second-order valence-corrected chi connectivity index (χ2v) is 7.12. The summed E-state index contributed by atoms with van der Waals surface area (Å²) < 4.78 is 0. The van der Waals surface area contributed by atoms with Crippen LogP contribution in [0.3, 0.4) is 0 Å².